The predicted molar refractivity (Wildman–Crippen MR) is 60.9 cm³/mol. The van der Waals surface area contributed by atoms with Gasteiger partial charge in [-0.05, 0) is 18.2 Å². The van der Waals surface area contributed by atoms with Gasteiger partial charge in [0.05, 0.1) is 11.9 Å². The average Bonchev–Trinajstić information content (AvgIpc) is 2.64. The molecule has 0 bridgehead atoms. The van der Waals surface area contributed by atoms with Crippen LogP contribution >= 0.6 is 0 Å². The first-order chi connectivity index (χ1) is 7.28. The molecule has 0 fully saturated rings. The van der Waals surface area contributed by atoms with Crippen LogP contribution in [0.2, 0.25) is 0 Å². The van der Waals surface area contributed by atoms with Crippen LogP contribution in [0.15, 0.2) is 36.7 Å². The average molecular weight is 197 g/mol. The minimum absolute atomic E-state index is 0.865. The quantitative estimate of drug-likeness (QED) is 0.747. The van der Waals surface area contributed by atoms with Crippen LogP contribution in [0.3, 0.4) is 0 Å². The Balaban J connectivity index is 2.21. The molecule has 0 saturated heterocycles. The number of hydrogen-bond donors (Lipinski definition) is 1. The van der Waals surface area contributed by atoms with E-state index in [1.165, 1.54) is 0 Å². The fraction of sp³-hybridized carbons (Fsp3) is 0.0833. The van der Waals surface area contributed by atoms with Gasteiger partial charge in [-0.15, -0.1) is 6.42 Å². The summed E-state index contributed by atoms with van der Waals surface area (Å²) < 4.78 is 1.74. The lowest BCUT2D eigenvalue weighted by Gasteiger charge is -2.02. The summed E-state index contributed by atoms with van der Waals surface area (Å²) in [5.41, 5.74) is 2.79. The molecule has 1 N–H and O–H groups in total. The highest BCUT2D eigenvalue weighted by Gasteiger charge is 1.97. The third-order valence-corrected chi connectivity index (χ3v) is 2.02. The van der Waals surface area contributed by atoms with Crippen molar-refractivity contribution in [1.82, 2.24) is 9.78 Å². The van der Waals surface area contributed by atoms with E-state index in [9.17, 15) is 0 Å². The van der Waals surface area contributed by atoms with Gasteiger partial charge in [0.25, 0.3) is 0 Å². The summed E-state index contributed by atoms with van der Waals surface area (Å²) in [4.78, 5) is 0. The lowest BCUT2D eigenvalue weighted by atomic mass is 10.2. The van der Waals surface area contributed by atoms with Gasteiger partial charge in [0.1, 0.15) is 0 Å². The van der Waals surface area contributed by atoms with Crippen molar-refractivity contribution in [2.24, 2.45) is 7.05 Å². The summed E-state index contributed by atoms with van der Waals surface area (Å²) in [6.45, 7) is 0. The molecule has 0 aliphatic rings. The molecule has 2 aromatic rings. The van der Waals surface area contributed by atoms with Crippen LogP contribution < -0.4 is 5.32 Å². The minimum atomic E-state index is 0.865. The second-order valence-corrected chi connectivity index (χ2v) is 3.25. The zero-order chi connectivity index (χ0) is 10.7. The van der Waals surface area contributed by atoms with Crippen LogP contribution in [0, 0.1) is 12.3 Å². The van der Waals surface area contributed by atoms with Gasteiger partial charge in [0.2, 0.25) is 0 Å². The Bertz CT molecular complexity index is 506. The molecule has 15 heavy (non-hydrogen) atoms. The van der Waals surface area contributed by atoms with Crippen molar-refractivity contribution in [3.05, 3.63) is 42.2 Å². The summed E-state index contributed by atoms with van der Waals surface area (Å²) >= 11 is 0. The van der Waals surface area contributed by atoms with Gasteiger partial charge >= 0.3 is 0 Å². The molecule has 1 aromatic carbocycles. The summed E-state index contributed by atoms with van der Waals surface area (Å²) in [5.74, 6) is 2.60. The van der Waals surface area contributed by atoms with Gasteiger partial charge in [-0.25, -0.2) is 0 Å². The Morgan fingerprint density at radius 2 is 2.27 bits per heavy atom. The molecule has 1 heterocycles. The Labute approximate surface area is 88.7 Å². The van der Waals surface area contributed by atoms with Gasteiger partial charge in [-0.3, -0.25) is 4.68 Å². The smallest absolute Gasteiger partial charge is 0.0770 e. The van der Waals surface area contributed by atoms with E-state index in [1.807, 2.05) is 37.5 Å². The van der Waals surface area contributed by atoms with Crippen molar-refractivity contribution in [2.45, 2.75) is 0 Å². The number of rotatable bonds is 2. The molecular formula is C12H11N3. The van der Waals surface area contributed by atoms with E-state index in [4.69, 9.17) is 6.42 Å². The van der Waals surface area contributed by atoms with Crippen molar-refractivity contribution in [3.8, 4) is 12.3 Å². The van der Waals surface area contributed by atoms with Crippen molar-refractivity contribution in [1.29, 1.82) is 0 Å². The summed E-state index contributed by atoms with van der Waals surface area (Å²) in [6, 6.07) is 7.71. The van der Waals surface area contributed by atoms with Crippen LogP contribution in [0.5, 0.6) is 0 Å². The molecule has 0 amide bonds. The molecule has 0 aliphatic heterocycles. The Hall–Kier alpha value is -2.21. The minimum Gasteiger partial charge on any atom is -0.353 e. The zero-order valence-corrected chi connectivity index (χ0v) is 8.44. The number of benzene rings is 1. The molecule has 0 aliphatic carbocycles. The molecule has 3 nitrogen and oxygen atoms in total. The van der Waals surface area contributed by atoms with E-state index in [2.05, 4.69) is 16.3 Å². The standard InChI is InChI=1S/C12H11N3/c1-3-10-5-4-6-11(7-10)14-12-8-13-15(2)9-12/h1,4-9,14H,2H3. The lowest BCUT2D eigenvalue weighted by Crippen LogP contribution is -1.89. The van der Waals surface area contributed by atoms with Crippen molar-refractivity contribution < 1.29 is 0 Å². The molecule has 0 atom stereocenters. The van der Waals surface area contributed by atoms with Crippen LogP contribution in [0.25, 0.3) is 0 Å². The second-order valence-electron chi connectivity index (χ2n) is 3.25. The third kappa shape index (κ3) is 2.18. The second kappa shape index (κ2) is 3.89. The van der Waals surface area contributed by atoms with Gasteiger partial charge in [-0.2, -0.15) is 5.10 Å². The fourth-order valence-corrected chi connectivity index (χ4v) is 1.34. The molecule has 3 heteroatoms. The van der Waals surface area contributed by atoms with Crippen molar-refractivity contribution in [2.75, 3.05) is 5.32 Å². The van der Waals surface area contributed by atoms with E-state index >= 15 is 0 Å². The van der Waals surface area contributed by atoms with Crippen molar-refractivity contribution >= 4 is 11.4 Å². The van der Waals surface area contributed by atoms with Gasteiger partial charge in [-0.1, -0.05) is 12.0 Å². The van der Waals surface area contributed by atoms with Crippen LogP contribution in [0.1, 0.15) is 5.56 Å². The molecular weight excluding hydrogens is 186 g/mol. The molecule has 0 radical (unpaired) electrons. The van der Waals surface area contributed by atoms with E-state index < -0.39 is 0 Å². The van der Waals surface area contributed by atoms with Crippen LogP contribution in [-0.4, -0.2) is 9.78 Å². The predicted octanol–water partition coefficient (Wildman–Crippen LogP) is 2.14. The first kappa shape index (κ1) is 9.35. The summed E-state index contributed by atoms with van der Waals surface area (Å²) in [5, 5.41) is 7.29. The molecule has 1 aromatic heterocycles. The number of terminal acetylenes is 1. The molecule has 2 rings (SSSR count). The largest absolute Gasteiger partial charge is 0.353 e. The number of nitrogens with zero attached hydrogens (tertiary/aromatic N) is 2. The highest BCUT2D eigenvalue weighted by molar-refractivity contribution is 5.60. The van der Waals surface area contributed by atoms with Gasteiger partial charge in [0, 0.05) is 24.5 Å². The highest BCUT2D eigenvalue weighted by Crippen LogP contribution is 2.16. The maximum Gasteiger partial charge on any atom is 0.0770 e. The Kier molecular flexibility index (Phi) is 2.42. The molecule has 0 saturated carbocycles. The first-order valence-corrected chi connectivity index (χ1v) is 4.60. The zero-order valence-electron chi connectivity index (χ0n) is 8.44. The van der Waals surface area contributed by atoms with Gasteiger partial charge < -0.3 is 5.32 Å². The fourth-order valence-electron chi connectivity index (χ4n) is 1.34. The topological polar surface area (TPSA) is 29.9 Å². The number of aryl methyl sites for hydroxylation is 1. The Morgan fingerprint density at radius 3 is 2.93 bits per heavy atom. The van der Waals surface area contributed by atoms with E-state index in [0.29, 0.717) is 0 Å². The monoisotopic (exact) mass is 197 g/mol. The normalized spacial score (nSPS) is 9.60. The first-order valence-electron chi connectivity index (χ1n) is 4.60. The van der Waals surface area contributed by atoms with E-state index in [-0.39, 0.29) is 0 Å². The SMILES string of the molecule is C#Cc1cccc(Nc2cnn(C)c2)c1. The molecule has 0 spiro atoms. The molecule has 74 valence electrons. The maximum absolute atomic E-state index is 5.32. The van der Waals surface area contributed by atoms with Crippen LogP contribution in [-0.2, 0) is 7.05 Å². The highest BCUT2D eigenvalue weighted by atomic mass is 15.3. The van der Waals surface area contributed by atoms with E-state index in [0.717, 1.165) is 16.9 Å². The van der Waals surface area contributed by atoms with Gasteiger partial charge in [0.15, 0.2) is 0 Å². The number of nitrogens with one attached hydrogen (secondary N) is 1. The lowest BCUT2D eigenvalue weighted by molar-refractivity contribution is 0.768. The maximum atomic E-state index is 5.32. The summed E-state index contributed by atoms with van der Waals surface area (Å²) in [7, 11) is 1.88. The third-order valence-electron chi connectivity index (χ3n) is 2.02. The summed E-state index contributed by atoms with van der Waals surface area (Å²) in [6.07, 6.45) is 8.99. The number of hydrogen-bond acceptors (Lipinski definition) is 2. The van der Waals surface area contributed by atoms with Crippen molar-refractivity contribution in [3.63, 3.8) is 0 Å². The number of anilines is 2. The number of aromatic nitrogens is 2. The molecule has 0 unspecified atom stereocenters. The Morgan fingerprint density at radius 1 is 1.40 bits per heavy atom. The van der Waals surface area contributed by atoms with E-state index in [1.54, 1.807) is 10.9 Å². The van der Waals surface area contributed by atoms with Crippen LogP contribution in [0.4, 0.5) is 11.4 Å².